The Balaban J connectivity index is 1.84. The van der Waals surface area contributed by atoms with Gasteiger partial charge in [-0.2, -0.15) is 13.2 Å². The molecule has 0 aliphatic heterocycles. The highest BCUT2D eigenvalue weighted by molar-refractivity contribution is 8.02. The average molecular weight is 443 g/mol. The molecule has 152 valence electrons. The zero-order valence-electron chi connectivity index (χ0n) is 14.3. The van der Waals surface area contributed by atoms with Crippen LogP contribution < -0.4 is 16.6 Å². The smallest absolute Gasteiger partial charge is 0.418 e. The molecular formula is C17H12F3N3O4S2. The Hall–Kier alpha value is -2.99. The Morgan fingerprint density at radius 2 is 1.97 bits per heavy atom. The molecule has 0 radical (unpaired) electrons. The van der Waals surface area contributed by atoms with Crippen molar-refractivity contribution < 1.29 is 27.9 Å². The van der Waals surface area contributed by atoms with E-state index in [1.165, 1.54) is 12.1 Å². The van der Waals surface area contributed by atoms with E-state index in [0.717, 1.165) is 41.3 Å². The van der Waals surface area contributed by atoms with Crippen molar-refractivity contribution in [2.75, 3.05) is 11.1 Å². The molecule has 3 rings (SSSR count). The number of rotatable bonds is 5. The van der Waals surface area contributed by atoms with E-state index in [-0.39, 0.29) is 37.2 Å². The Morgan fingerprint density at radius 1 is 1.28 bits per heavy atom. The Kier molecular flexibility index (Phi) is 5.57. The van der Waals surface area contributed by atoms with Crippen LogP contribution in [-0.4, -0.2) is 27.7 Å². The number of para-hydroxylation sites is 1. The minimum Gasteiger partial charge on any atom is -0.506 e. The molecule has 0 aliphatic rings. The summed E-state index contributed by atoms with van der Waals surface area (Å²) in [6, 6.07) is 5.46. The van der Waals surface area contributed by atoms with Crippen molar-refractivity contribution in [3.8, 4) is 5.75 Å². The number of fused-ring (bicyclic) bond motifs is 1. The molecule has 2 aromatic heterocycles. The molecule has 5 N–H and O–H groups in total. The van der Waals surface area contributed by atoms with Crippen LogP contribution >= 0.6 is 23.1 Å². The number of halogens is 3. The third-order valence-corrected chi connectivity index (χ3v) is 6.20. The maximum absolute atomic E-state index is 13.0. The fourth-order valence-corrected chi connectivity index (χ4v) is 4.79. The second kappa shape index (κ2) is 7.79. The topological polar surface area (TPSA) is 125 Å². The van der Waals surface area contributed by atoms with E-state index in [2.05, 4.69) is 10.3 Å². The number of nitrogens with two attached hydrogens (primary N) is 1. The molecule has 0 saturated carbocycles. The minimum absolute atomic E-state index is 0.0397. The molecule has 7 nitrogen and oxygen atoms in total. The van der Waals surface area contributed by atoms with Gasteiger partial charge in [-0.1, -0.05) is 12.1 Å². The summed E-state index contributed by atoms with van der Waals surface area (Å²) in [5.41, 5.74) is 3.29. The number of nitrogens with one attached hydrogen (secondary N) is 2. The Bertz CT molecular complexity index is 1170. The fourth-order valence-electron chi connectivity index (χ4n) is 2.54. The highest BCUT2D eigenvalue weighted by atomic mass is 32.2. The average Bonchev–Trinajstić information content (AvgIpc) is 2.98. The van der Waals surface area contributed by atoms with Crippen LogP contribution in [0.25, 0.3) is 10.2 Å². The van der Waals surface area contributed by atoms with Crippen molar-refractivity contribution in [1.82, 2.24) is 4.98 Å². The van der Waals surface area contributed by atoms with Crippen LogP contribution in [0.5, 0.6) is 5.75 Å². The SMILES string of the molecule is NC(=O)c1c(SCC(=O)Nc2ccccc2C(F)(F)F)sc2c(O)cc(=O)[nH]c12. The summed E-state index contributed by atoms with van der Waals surface area (Å²) in [5, 5.41) is 12.1. The molecule has 0 spiro atoms. The van der Waals surface area contributed by atoms with Crippen LogP contribution in [-0.2, 0) is 11.0 Å². The van der Waals surface area contributed by atoms with Gasteiger partial charge in [0, 0.05) is 6.07 Å². The van der Waals surface area contributed by atoms with Crippen LogP contribution in [0.2, 0.25) is 0 Å². The lowest BCUT2D eigenvalue weighted by atomic mass is 10.1. The third-order valence-electron chi connectivity index (χ3n) is 3.71. The number of hydrogen-bond acceptors (Lipinski definition) is 6. The quantitative estimate of drug-likeness (QED) is 0.451. The molecular weight excluding hydrogens is 431 g/mol. The first-order valence-electron chi connectivity index (χ1n) is 7.85. The van der Waals surface area contributed by atoms with E-state index in [9.17, 15) is 32.7 Å². The summed E-state index contributed by atoms with van der Waals surface area (Å²) in [7, 11) is 0. The van der Waals surface area contributed by atoms with Crippen molar-refractivity contribution in [3.63, 3.8) is 0 Å². The molecule has 0 unspecified atom stereocenters. The number of aromatic nitrogens is 1. The molecule has 0 bridgehead atoms. The van der Waals surface area contributed by atoms with E-state index >= 15 is 0 Å². The lowest BCUT2D eigenvalue weighted by molar-refractivity contribution is -0.137. The summed E-state index contributed by atoms with van der Waals surface area (Å²) in [4.78, 5) is 37.9. The number of primary amides is 1. The van der Waals surface area contributed by atoms with Gasteiger partial charge in [-0.15, -0.1) is 23.1 Å². The van der Waals surface area contributed by atoms with E-state index in [4.69, 9.17) is 5.73 Å². The number of H-pyrrole nitrogens is 1. The lowest BCUT2D eigenvalue weighted by Crippen LogP contribution is -2.18. The molecule has 1 aromatic carbocycles. The van der Waals surface area contributed by atoms with Gasteiger partial charge in [0.2, 0.25) is 5.91 Å². The van der Waals surface area contributed by atoms with Gasteiger partial charge < -0.3 is 21.1 Å². The lowest BCUT2D eigenvalue weighted by Gasteiger charge is -2.13. The second-order valence-corrected chi connectivity index (χ2v) is 8.00. The maximum Gasteiger partial charge on any atom is 0.418 e. The van der Waals surface area contributed by atoms with Crippen molar-refractivity contribution in [3.05, 3.63) is 51.8 Å². The zero-order valence-corrected chi connectivity index (χ0v) is 15.9. The molecule has 3 aromatic rings. The van der Waals surface area contributed by atoms with Crippen LogP contribution in [0.4, 0.5) is 18.9 Å². The summed E-state index contributed by atoms with van der Waals surface area (Å²) >= 11 is 1.77. The maximum atomic E-state index is 13.0. The predicted octanol–water partition coefficient (Wildman–Crippen LogP) is 3.14. The first-order valence-corrected chi connectivity index (χ1v) is 9.65. The number of carbonyl (C=O) groups is 2. The van der Waals surface area contributed by atoms with Crippen molar-refractivity contribution in [2.24, 2.45) is 5.73 Å². The van der Waals surface area contributed by atoms with Crippen LogP contribution in [0, 0.1) is 0 Å². The first-order chi connectivity index (χ1) is 13.6. The largest absolute Gasteiger partial charge is 0.506 e. The number of pyridine rings is 1. The standard InChI is InChI=1S/C17H12F3N3O4S2/c18-17(19,20)7-3-1-2-4-8(7)22-11(26)6-28-16-12(15(21)27)13-14(29-16)9(24)5-10(25)23-13/h1-5H,6H2,(H2,21,27)(H,22,26)(H2,23,24,25). The zero-order chi connectivity index (χ0) is 21.3. The van der Waals surface area contributed by atoms with E-state index in [1.807, 2.05) is 0 Å². The van der Waals surface area contributed by atoms with Crippen LogP contribution in [0.15, 0.2) is 39.3 Å². The van der Waals surface area contributed by atoms with Crippen molar-refractivity contribution in [1.29, 1.82) is 0 Å². The molecule has 0 saturated heterocycles. The van der Waals surface area contributed by atoms with Gasteiger partial charge in [-0.25, -0.2) is 0 Å². The van der Waals surface area contributed by atoms with E-state index in [1.54, 1.807) is 0 Å². The van der Waals surface area contributed by atoms with E-state index < -0.39 is 29.1 Å². The van der Waals surface area contributed by atoms with Gasteiger partial charge in [0.05, 0.1) is 37.0 Å². The molecule has 0 atom stereocenters. The number of alkyl halides is 3. The van der Waals surface area contributed by atoms with Crippen LogP contribution in [0.1, 0.15) is 15.9 Å². The molecule has 0 aliphatic carbocycles. The number of thioether (sulfide) groups is 1. The number of thiophene rings is 1. The highest BCUT2D eigenvalue weighted by Crippen LogP contribution is 2.40. The van der Waals surface area contributed by atoms with Crippen molar-refractivity contribution in [2.45, 2.75) is 10.4 Å². The number of benzene rings is 1. The summed E-state index contributed by atoms with van der Waals surface area (Å²) in [5.74, 6) is -2.31. The molecule has 12 heteroatoms. The monoisotopic (exact) mass is 443 g/mol. The number of carbonyl (C=O) groups excluding carboxylic acids is 2. The number of aromatic hydroxyl groups is 1. The van der Waals surface area contributed by atoms with Gasteiger partial charge in [-0.3, -0.25) is 14.4 Å². The number of amides is 2. The number of aromatic amines is 1. The minimum atomic E-state index is -4.63. The molecule has 2 amide bonds. The third kappa shape index (κ3) is 4.38. The van der Waals surface area contributed by atoms with Gasteiger partial charge in [0.15, 0.2) is 0 Å². The molecule has 29 heavy (non-hydrogen) atoms. The fraction of sp³-hybridized carbons (Fsp3) is 0.118. The normalized spacial score (nSPS) is 11.6. The highest BCUT2D eigenvalue weighted by Gasteiger charge is 2.33. The summed E-state index contributed by atoms with van der Waals surface area (Å²) in [6.45, 7) is 0. The Labute approximate surface area is 168 Å². The second-order valence-electron chi connectivity index (χ2n) is 5.73. The van der Waals surface area contributed by atoms with Gasteiger partial charge >= 0.3 is 6.18 Å². The van der Waals surface area contributed by atoms with Gasteiger partial charge in [0.1, 0.15) is 5.75 Å². The molecule has 2 heterocycles. The number of anilines is 1. The van der Waals surface area contributed by atoms with E-state index in [0.29, 0.717) is 0 Å². The molecule has 0 fully saturated rings. The summed E-state index contributed by atoms with van der Waals surface area (Å²) < 4.78 is 39.5. The predicted molar refractivity (Wildman–Crippen MR) is 103 cm³/mol. The van der Waals surface area contributed by atoms with Crippen molar-refractivity contribution >= 4 is 50.8 Å². The first kappa shape index (κ1) is 20.7. The Morgan fingerprint density at radius 3 is 2.62 bits per heavy atom. The summed E-state index contributed by atoms with van der Waals surface area (Å²) in [6.07, 6.45) is -4.63. The van der Waals surface area contributed by atoms with Crippen LogP contribution in [0.3, 0.4) is 0 Å². The van der Waals surface area contributed by atoms with Gasteiger partial charge in [-0.05, 0) is 12.1 Å². The van der Waals surface area contributed by atoms with Gasteiger partial charge in [0.25, 0.3) is 11.5 Å². The number of hydrogen-bond donors (Lipinski definition) is 4.